The van der Waals surface area contributed by atoms with Crippen LogP contribution >= 0.6 is 0 Å². The Kier molecular flexibility index (Phi) is 7.25. The molecular weight excluding hydrogens is 272 g/mol. The molecule has 0 heterocycles. The quantitative estimate of drug-likeness (QED) is 0.687. The molecule has 0 bridgehead atoms. The maximum Gasteiger partial charge on any atom is 0.258 e. The van der Waals surface area contributed by atoms with E-state index in [-0.39, 0.29) is 25.0 Å². The Morgan fingerprint density at radius 1 is 1.00 bits per heavy atom. The van der Waals surface area contributed by atoms with E-state index >= 15 is 0 Å². The first kappa shape index (κ1) is 17.0. The average Bonchev–Trinajstić information content (AvgIpc) is 2.45. The summed E-state index contributed by atoms with van der Waals surface area (Å²) in [5.41, 5.74) is 2.30. The number of ether oxygens (including phenoxy) is 2. The Bertz CT molecular complexity index is 489. The van der Waals surface area contributed by atoms with Crippen LogP contribution in [0.5, 0.6) is 5.75 Å². The maximum absolute atomic E-state index is 11.6. The lowest BCUT2D eigenvalue weighted by Gasteiger charge is -2.09. The van der Waals surface area contributed by atoms with Gasteiger partial charge < -0.3 is 20.1 Å². The summed E-state index contributed by atoms with van der Waals surface area (Å²) in [6, 6.07) is 5.68. The van der Waals surface area contributed by atoms with Crippen molar-refractivity contribution in [2.75, 3.05) is 33.4 Å². The number of carbonyl (C=O) groups is 2. The van der Waals surface area contributed by atoms with Gasteiger partial charge >= 0.3 is 0 Å². The van der Waals surface area contributed by atoms with E-state index < -0.39 is 0 Å². The zero-order valence-electron chi connectivity index (χ0n) is 12.7. The summed E-state index contributed by atoms with van der Waals surface area (Å²) in [5, 5.41) is 5.26. The molecule has 1 aromatic carbocycles. The molecule has 0 aromatic heterocycles. The van der Waals surface area contributed by atoms with Crippen LogP contribution in [0.3, 0.4) is 0 Å². The first-order valence-electron chi connectivity index (χ1n) is 6.75. The van der Waals surface area contributed by atoms with Crippen molar-refractivity contribution in [3.05, 3.63) is 29.3 Å². The fourth-order valence-electron chi connectivity index (χ4n) is 1.59. The molecule has 116 valence electrons. The molecule has 1 rings (SSSR count). The van der Waals surface area contributed by atoms with Crippen LogP contribution in [0.2, 0.25) is 0 Å². The molecule has 2 N–H and O–H groups in total. The zero-order chi connectivity index (χ0) is 15.7. The molecule has 0 fully saturated rings. The lowest BCUT2D eigenvalue weighted by Crippen LogP contribution is -2.37. The zero-order valence-corrected chi connectivity index (χ0v) is 12.7. The fraction of sp³-hybridized carbons (Fsp3) is 0.467. The Labute approximate surface area is 124 Å². The molecule has 0 aliphatic heterocycles. The van der Waals surface area contributed by atoms with E-state index in [4.69, 9.17) is 4.74 Å². The number of hydrogen-bond acceptors (Lipinski definition) is 4. The first-order chi connectivity index (χ1) is 10.0. The highest BCUT2D eigenvalue weighted by atomic mass is 16.5. The van der Waals surface area contributed by atoms with Gasteiger partial charge in [0.1, 0.15) is 12.4 Å². The van der Waals surface area contributed by atoms with Crippen LogP contribution in [0, 0.1) is 13.8 Å². The van der Waals surface area contributed by atoms with Crippen LogP contribution in [0.15, 0.2) is 18.2 Å². The van der Waals surface area contributed by atoms with Crippen molar-refractivity contribution in [3.63, 3.8) is 0 Å². The number of methoxy groups -OCH3 is 1. The molecule has 6 heteroatoms. The fourth-order valence-corrected chi connectivity index (χ4v) is 1.59. The van der Waals surface area contributed by atoms with Crippen molar-refractivity contribution in [3.8, 4) is 5.75 Å². The number of rotatable bonds is 8. The summed E-state index contributed by atoms with van der Waals surface area (Å²) in [7, 11) is 1.45. The van der Waals surface area contributed by atoms with E-state index in [0.717, 1.165) is 5.56 Å². The van der Waals surface area contributed by atoms with Crippen molar-refractivity contribution in [1.29, 1.82) is 0 Å². The van der Waals surface area contributed by atoms with Gasteiger partial charge in [0.2, 0.25) is 5.91 Å². The van der Waals surface area contributed by atoms with Crippen molar-refractivity contribution in [2.24, 2.45) is 0 Å². The number of carbonyl (C=O) groups excluding carboxylic acids is 2. The second-order valence-electron chi connectivity index (χ2n) is 4.67. The summed E-state index contributed by atoms with van der Waals surface area (Å²) >= 11 is 0. The Balaban J connectivity index is 2.19. The number of nitrogens with one attached hydrogen (secondary N) is 2. The number of hydrogen-bond donors (Lipinski definition) is 2. The molecule has 0 radical (unpaired) electrons. The third kappa shape index (κ3) is 6.76. The van der Waals surface area contributed by atoms with Gasteiger partial charge in [-0.2, -0.15) is 0 Å². The molecule has 0 aliphatic rings. The lowest BCUT2D eigenvalue weighted by atomic mass is 10.1. The molecule has 0 unspecified atom stereocenters. The Morgan fingerprint density at radius 3 is 2.19 bits per heavy atom. The number of benzene rings is 1. The molecule has 0 spiro atoms. The summed E-state index contributed by atoms with van der Waals surface area (Å²) < 4.78 is 10.1. The summed E-state index contributed by atoms with van der Waals surface area (Å²) in [6.07, 6.45) is 0. The van der Waals surface area contributed by atoms with Gasteiger partial charge in [-0.3, -0.25) is 9.59 Å². The molecule has 0 aliphatic carbocycles. The van der Waals surface area contributed by atoms with Crippen LogP contribution in [0.25, 0.3) is 0 Å². The summed E-state index contributed by atoms with van der Waals surface area (Å²) in [4.78, 5) is 22.6. The average molecular weight is 294 g/mol. The predicted octanol–water partition coefficient (Wildman–Crippen LogP) is 0.561. The van der Waals surface area contributed by atoms with E-state index in [1.54, 1.807) is 0 Å². The second-order valence-corrected chi connectivity index (χ2v) is 4.67. The van der Waals surface area contributed by atoms with Gasteiger partial charge in [-0.15, -0.1) is 0 Å². The highest BCUT2D eigenvalue weighted by molar-refractivity contribution is 5.78. The monoisotopic (exact) mass is 294 g/mol. The van der Waals surface area contributed by atoms with Crippen LogP contribution in [-0.4, -0.2) is 45.2 Å². The van der Waals surface area contributed by atoms with Gasteiger partial charge in [0.25, 0.3) is 5.91 Å². The minimum Gasteiger partial charge on any atom is -0.484 e. The van der Waals surface area contributed by atoms with Gasteiger partial charge in [-0.1, -0.05) is 6.07 Å². The SMILES string of the molecule is COCC(=O)NCCNC(=O)COc1ccc(C)c(C)c1. The lowest BCUT2D eigenvalue weighted by molar-refractivity contribution is -0.125. The van der Waals surface area contributed by atoms with E-state index in [0.29, 0.717) is 18.8 Å². The highest BCUT2D eigenvalue weighted by Gasteiger charge is 2.04. The van der Waals surface area contributed by atoms with E-state index in [2.05, 4.69) is 15.4 Å². The minimum absolute atomic E-state index is 0.0177. The molecule has 0 atom stereocenters. The van der Waals surface area contributed by atoms with Gasteiger partial charge in [0.05, 0.1) is 0 Å². The normalized spacial score (nSPS) is 10.0. The predicted molar refractivity (Wildman–Crippen MR) is 79.3 cm³/mol. The molecule has 21 heavy (non-hydrogen) atoms. The van der Waals surface area contributed by atoms with Crippen LogP contribution < -0.4 is 15.4 Å². The van der Waals surface area contributed by atoms with Gasteiger partial charge in [-0.25, -0.2) is 0 Å². The third-order valence-electron chi connectivity index (χ3n) is 2.89. The maximum atomic E-state index is 11.6. The van der Waals surface area contributed by atoms with Crippen molar-refractivity contribution in [2.45, 2.75) is 13.8 Å². The van der Waals surface area contributed by atoms with Gasteiger partial charge in [0.15, 0.2) is 6.61 Å². The van der Waals surface area contributed by atoms with Crippen LogP contribution in [0.4, 0.5) is 0 Å². The number of amides is 2. The molecule has 2 amide bonds. The molecule has 0 saturated carbocycles. The highest BCUT2D eigenvalue weighted by Crippen LogP contribution is 2.16. The molecule has 1 aromatic rings. The van der Waals surface area contributed by atoms with Crippen molar-refractivity contribution < 1.29 is 19.1 Å². The van der Waals surface area contributed by atoms with Crippen molar-refractivity contribution >= 4 is 11.8 Å². The summed E-state index contributed by atoms with van der Waals surface area (Å²) in [5.74, 6) is 0.231. The van der Waals surface area contributed by atoms with E-state index in [1.165, 1.54) is 12.7 Å². The first-order valence-corrected chi connectivity index (χ1v) is 6.75. The van der Waals surface area contributed by atoms with Gasteiger partial charge in [0, 0.05) is 20.2 Å². The Morgan fingerprint density at radius 2 is 1.62 bits per heavy atom. The molecular formula is C15H22N2O4. The third-order valence-corrected chi connectivity index (χ3v) is 2.89. The van der Waals surface area contributed by atoms with Crippen molar-refractivity contribution in [1.82, 2.24) is 10.6 Å². The smallest absolute Gasteiger partial charge is 0.258 e. The topological polar surface area (TPSA) is 76.7 Å². The summed E-state index contributed by atoms with van der Waals surface area (Å²) in [6.45, 7) is 4.69. The van der Waals surface area contributed by atoms with Crippen LogP contribution in [0.1, 0.15) is 11.1 Å². The standard InChI is InChI=1S/C15H22N2O4/c1-11-4-5-13(8-12(11)2)21-10-15(19)17-7-6-16-14(18)9-20-3/h4-5,8H,6-7,9-10H2,1-3H3,(H,16,18)(H,17,19). The van der Waals surface area contributed by atoms with E-state index in [1.807, 2.05) is 32.0 Å². The van der Waals surface area contributed by atoms with Gasteiger partial charge in [-0.05, 0) is 37.1 Å². The van der Waals surface area contributed by atoms with E-state index in [9.17, 15) is 9.59 Å². The minimum atomic E-state index is -0.228. The Hall–Kier alpha value is -2.08. The largest absolute Gasteiger partial charge is 0.484 e. The molecule has 6 nitrogen and oxygen atoms in total. The second kappa shape index (κ2) is 8.97. The molecule has 0 saturated heterocycles. The number of aryl methyl sites for hydroxylation is 2. The van der Waals surface area contributed by atoms with Crippen LogP contribution in [-0.2, 0) is 14.3 Å².